The van der Waals surface area contributed by atoms with Crippen molar-refractivity contribution >= 4 is 0 Å². The van der Waals surface area contributed by atoms with Crippen LogP contribution in [0.15, 0.2) is 18.6 Å². The van der Waals surface area contributed by atoms with Crippen LogP contribution in [0.1, 0.15) is 37.4 Å². The van der Waals surface area contributed by atoms with Gasteiger partial charge in [-0.2, -0.15) is 5.10 Å². The lowest BCUT2D eigenvalue weighted by molar-refractivity contribution is 0.399. The molecule has 0 spiro atoms. The third-order valence-corrected chi connectivity index (χ3v) is 2.94. The number of rotatable bonds is 4. The van der Waals surface area contributed by atoms with Gasteiger partial charge in [0.1, 0.15) is 17.6 Å². The number of ether oxygens (including phenoxy) is 1. The van der Waals surface area contributed by atoms with E-state index in [1.54, 1.807) is 19.5 Å². The Hall–Kier alpha value is -1.82. The highest BCUT2D eigenvalue weighted by atomic mass is 16.5. The molecule has 2 heterocycles. The van der Waals surface area contributed by atoms with Crippen molar-refractivity contribution in [1.82, 2.24) is 19.3 Å². The van der Waals surface area contributed by atoms with Gasteiger partial charge in [0.2, 0.25) is 0 Å². The Morgan fingerprint density at radius 2 is 2.11 bits per heavy atom. The minimum Gasteiger partial charge on any atom is -0.493 e. The summed E-state index contributed by atoms with van der Waals surface area (Å²) >= 11 is 0. The van der Waals surface area contributed by atoms with Crippen molar-refractivity contribution in [2.24, 2.45) is 12.8 Å². The summed E-state index contributed by atoms with van der Waals surface area (Å²) in [7, 11) is 3.54. The summed E-state index contributed by atoms with van der Waals surface area (Å²) in [6.45, 7) is 4.11. The van der Waals surface area contributed by atoms with Gasteiger partial charge in [0.15, 0.2) is 5.75 Å². The zero-order valence-corrected chi connectivity index (χ0v) is 11.2. The van der Waals surface area contributed by atoms with E-state index in [-0.39, 0.29) is 12.1 Å². The third kappa shape index (κ3) is 1.99. The van der Waals surface area contributed by atoms with Gasteiger partial charge in [-0.1, -0.05) is 0 Å². The third-order valence-electron chi connectivity index (χ3n) is 2.94. The summed E-state index contributed by atoms with van der Waals surface area (Å²) in [4.78, 5) is 4.29. The molecule has 6 heteroatoms. The molecule has 0 aromatic carbocycles. The number of aromatic nitrogens is 4. The van der Waals surface area contributed by atoms with E-state index >= 15 is 0 Å². The van der Waals surface area contributed by atoms with Crippen molar-refractivity contribution in [3.63, 3.8) is 0 Å². The fourth-order valence-electron chi connectivity index (χ4n) is 2.02. The molecule has 1 atom stereocenters. The van der Waals surface area contributed by atoms with Crippen LogP contribution in [0.2, 0.25) is 0 Å². The second-order valence-corrected chi connectivity index (χ2v) is 4.51. The Morgan fingerprint density at radius 1 is 1.39 bits per heavy atom. The number of imidazole rings is 1. The number of nitrogens with two attached hydrogens (primary N) is 1. The van der Waals surface area contributed by atoms with Gasteiger partial charge in [0.05, 0.1) is 13.3 Å². The van der Waals surface area contributed by atoms with Gasteiger partial charge >= 0.3 is 0 Å². The number of nitrogens with zero attached hydrogens (tertiary/aromatic N) is 4. The molecule has 0 saturated carbocycles. The highest BCUT2D eigenvalue weighted by Crippen LogP contribution is 2.29. The van der Waals surface area contributed by atoms with E-state index in [0.717, 1.165) is 11.5 Å². The molecule has 0 amide bonds. The molecule has 1 unspecified atom stereocenters. The summed E-state index contributed by atoms with van der Waals surface area (Å²) in [6.07, 6.45) is 5.30. The first-order valence-electron chi connectivity index (χ1n) is 5.90. The summed E-state index contributed by atoms with van der Waals surface area (Å²) < 4.78 is 9.11. The van der Waals surface area contributed by atoms with Crippen molar-refractivity contribution in [2.75, 3.05) is 7.11 Å². The van der Waals surface area contributed by atoms with Crippen molar-refractivity contribution in [3.8, 4) is 5.75 Å². The number of methoxy groups -OCH3 is 1. The lowest BCUT2D eigenvalue weighted by Gasteiger charge is -2.17. The first-order chi connectivity index (χ1) is 8.56. The van der Waals surface area contributed by atoms with Crippen LogP contribution in [0.3, 0.4) is 0 Å². The van der Waals surface area contributed by atoms with Crippen LogP contribution in [-0.4, -0.2) is 26.4 Å². The molecular weight excluding hydrogens is 230 g/mol. The second-order valence-electron chi connectivity index (χ2n) is 4.51. The molecule has 18 heavy (non-hydrogen) atoms. The van der Waals surface area contributed by atoms with Crippen LogP contribution in [-0.2, 0) is 7.05 Å². The van der Waals surface area contributed by atoms with Crippen molar-refractivity contribution in [3.05, 3.63) is 30.1 Å². The fourth-order valence-corrected chi connectivity index (χ4v) is 2.02. The van der Waals surface area contributed by atoms with Gasteiger partial charge in [0, 0.05) is 25.5 Å². The molecule has 6 nitrogen and oxygen atoms in total. The van der Waals surface area contributed by atoms with Crippen LogP contribution in [0.5, 0.6) is 5.75 Å². The van der Waals surface area contributed by atoms with Gasteiger partial charge in [-0.15, -0.1) is 0 Å². The average Bonchev–Trinajstić information content (AvgIpc) is 2.93. The van der Waals surface area contributed by atoms with Crippen LogP contribution < -0.4 is 10.5 Å². The van der Waals surface area contributed by atoms with E-state index in [4.69, 9.17) is 10.5 Å². The Morgan fingerprint density at radius 3 is 2.61 bits per heavy atom. The summed E-state index contributed by atoms with van der Waals surface area (Å²) in [5.41, 5.74) is 7.15. The monoisotopic (exact) mass is 249 g/mol. The first-order valence-corrected chi connectivity index (χ1v) is 5.90. The summed E-state index contributed by atoms with van der Waals surface area (Å²) in [5, 5.41) is 4.32. The van der Waals surface area contributed by atoms with E-state index < -0.39 is 0 Å². The SMILES string of the molecule is COc1cnn(C(C)C)c1C(N)c1nccn1C. The maximum Gasteiger partial charge on any atom is 0.162 e. The predicted octanol–water partition coefficient (Wildman–Crippen LogP) is 1.25. The molecule has 0 aliphatic rings. The molecular formula is C12H19N5O. The molecule has 0 bridgehead atoms. The standard InChI is InChI=1S/C12H19N5O/c1-8(2)17-11(9(18-4)7-15-17)10(13)12-14-5-6-16(12)3/h5-8,10H,13H2,1-4H3. The van der Waals surface area contributed by atoms with Crippen LogP contribution in [0.25, 0.3) is 0 Å². The maximum absolute atomic E-state index is 6.30. The van der Waals surface area contributed by atoms with Crippen LogP contribution in [0.4, 0.5) is 0 Å². The largest absolute Gasteiger partial charge is 0.493 e. The lowest BCUT2D eigenvalue weighted by Crippen LogP contribution is -2.22. The van der Waals surface area contributed by atoms with E-state index in [1.807, 2.05) is 22.5 Å². The zero-order valence-electron chi connectivity index (χ0n) is 11.2. The topological polar surface area (TPSA) is 70.9 Å². The summed E-state index contributed by atoms with van der Waals surface area (Å²) in [6, 6.07) is -0.139. The van der Waals surface area contributed by atoms with E-state index in [1.165, 1.54) is 0 Å². The minimum absolute atomic E-state index is 0.218. The normalized spacial score (nSPS) is 13.0. The van der Waals surface area contributed by atoms with Gasteiger partial charge in [0.25, 0.3) is 0 Å². The molecule has 2 aromatic heterocycles. The first kappa shape index (κ1) is 12.6. The molecule has 2 aromatic rings. The highest BCUT2D eigenvalue weighted by Gasteiger charge is 2.24. The smallest absolute Gasteiger partial charge is 0.162 e. The maximum atomic E-state index is 6.30. The van der Waals surface area contributed by atoms with E-state index in [0.29, 0.717) is 5.75 Å². The molecule has 0 aliphatic carbocycles. The molecule has 0 saturated heterocycles. The molecule has 0 aliphatic heterocycles. The van der Waals surface area contributed by atoms with Gasteiger partial charge < -0.3 is 15.0 Å². The second kappa shape index (κ2) is 4.81. The van der Waals surface area contributed by atoms with E-state index in [9.17, 15) is 0 Å². The Labute approximate surface area is 106 Å². The number of hydrogen-bond acceptors (Lipinski definition) is 4. The molecule has 0 fully saturated rings. The minimum atomic E-state index is -0.357. The Kier molecular flexibility index (Phi) is 3.38. The predicted molar refractivity (Wildman–Crippen MR) is 68.4 cm³/mol. The highest BCUT2D eigenvalue weighted by molar-refractivity contribution is 5.32. The van der Waals surface area contributed by atoms with Gasteiger partial charge in [-0.25, -0.2) is 4.98 Å². The zero-order chi connectivity index (χ0) is 13.3. The van der Waals surface area contributed by atoms with Crippen molar-refractivity contribution in [2.45, 2.75) is 25.9 Å². The molecule has 2 rings (SSSR count). The summed E-state index contributed by atoms with van der Waals surface area (Å²) in [5.74, 6) is 1.48. The molecule has 0 radical (unpaired) electrons. The van der Waals surface area contributed by atoms with Crippen molar-refractivity contribution < 1.29 is 4.74 Å². The quantitative estimate of drug-likeness (QED) is 0.885. The van der Waals surface area contributed by atoms with Gasteiger partial charge in [-0.05, 0) is 13.8 Å². The van der Waals surface area contributed by atoms with Gasteiger partial charge in [-0.3, -0.25) is 4.68 Å². The molecule has 98 valence electrons. The van der Waals surface area contributed by atoms with Crippen LogP contribution in [0, 0.1) is 0 Å². The van der Waals surface area contributed by atoms with E-state index in [2.05, 4.69) is 23.9 Å². The van der Waals surface area contributed by atoms with Crippen LogP contribution >= 0.6 is 0 Å². The lowest BCUT2D eigenvalue weighted by atomic mass is 10.2. The van der Waals surface area contributed by atoms with Crippen molar-refractivity contribution in [1.29, 1.82) is 0 Å². The number of hydrogen-bond donors (Lipinski definition) is 1. The average molecular weight is 249 g/mol. The Bertz CT molecular complexity index is 528. The fraction of sp³-hybridized carbons (Fsp3) is 0.500. The molecule has 2 N–H and O–H groups in total. The number of aryl methyl sites for hydroxylation is 1. The Balaban J connectivity index is 2.49.